The van der Waals surface area contributed by atoms with Crippen LogP contribution in [-0.4, -0.2) is 43.7 Å². The van der Waals surface area contributed by atoms with E-state index in [9.17, 15) is 9.59 Å². The van der Waals surface area contributed by atoms with E-state index in [1.54, 1.807) is 19.2 Å². The third-order valence-electron chi connectivity index (χ3n) is 4.15. The van der Waals surface area contributed by atoms with E-state index in [-0.39, 0.29) is 17.6 Å². The van der Waals surface area contributed by atoms with Gasteiger partial charge in [0.05, 0.1) is 13.2 Å². The fraction of sp³-hybridized carbons (Fsp3) is 0.300. The van der Waals surface area contributed by atoms with E-state index in [0.29, 0.717) is 23.3 Å². The van der Waals surface area contributed by atoms with Gasteiger partial charge in [-0.1, -0.05) is 28.1 Å². The molecule has 0 radical (unpaired) electrons. The van der Waals surface area contributed by atoms with E-state index in [1.807, 2.05) is 49.3 Å². The maximum absolute atomic E-state index is 13.0. The molecule has 5 heteroatoms. The Morgan fingerprint density at radius 3 is 2.20 bits per heavy atom. The summed E-state index contributed by atoms with van der Waals surface area (Å²) in [6.45, 7) is 1.53. The topological polar surface area (TPSA) is 46.6 Å². The minimum atomic E-state index is -0.350. The van der Waals surface area contributed by atoms with Crippen LogP contribution in [0.25, 0.3) is 0 Å². The first kappa shape index (κ1) is 19.3. The van der Waals surface area contributed by atoms with Gasteiger partial charge in [0.2, 0.25) is 0 Å². The third-order valence-corrected chi connectivity index (χ3v) is 4.68. The van der Waals surface area contributed by atoms with Crippen molar-refractivity contribution in [2.45, 2.75) is 19.4 Å². The molecule has 0 amide bonds. The first-order valence-corrected chi connectivity index (χ1v) is 8.77. The van der Waals surface area contributed by atoms with Gasteiger partial charge >= 0.3 is 0 Å². The number of rotatable bonds is 7. The number of benzene rings is 2. The number of methoxy groups -OCH3 is 1. The largest absolute Gasteiger partial charge is 0.496 e. The van der Waals surface area contributed by atoms with Crippen LogP contribution in [0, 0.1) is 0 Å². The normalized spacial score (nSPS) is 12.1. The molecule has 0 saturated heterocycles. The molecule has 0 aliphatic heterocycles. The van der Waals surface area contributed by atoms with Crippen LogP contribution in [0.4, 0.5) is 0 Å². The van der Waals surface area contributed by atoms with Gasteiger partial charge in [-0.25, -0.2) is 0 Å². The lowest BCUT2D eigenvalue weighted by Crippen LogP contribution is -2.37. The Bertz CT molecular complexity index is 769. The average molecular weight is 404 g/mol. The molecule has 0 aliphatic carbocycles. The van der Waals surface area contributed by atoms with Crippen molar-refractivity contribution in [1.29, 1.82) is 0 Å². The lowest BCUT2D eigenvalue weighted by atomic mass is 9.95. The number of likely N-dealkylation sites (N-methyl/N-ethyl adjacent to an activating group) is 1. The number of carbonyl (C=O) groups is 2. The van der Waals surface area contributed by atoms with Crippen LogP contribution in [-0.2, 0) is 6.42 Å². The predicted octanol–water partition coefficient (Wildman–Crippen LogP) is 4.02. The van der Waals surface area contributed by atoms with Crippen LogP contribution in [0.3, 0.4) is 0 Å². The summed E-state index contributed by atoms with van der Waals surface area (Å²) in [5.41, 5.74) is 2.12. The minimum Gasteiger partial charge on any atom is -0.496 e. The van der Waals surface area contributed by atoms with Crippen LogP contribution in [0.5, 0.6) is 5.75 Å². The lowest BCUT2D eigenvalue weighted by Gasteiger charge is -2.24. The van der Waals surface area contributed by atoms with E-state index in [0.717, 1.165) is 10.0 Å². The summed E-state index contributed by atoms with van der Waals surface area (Å²) in [4.78, 5) is 26.5. The second-order valence-electron chi connectivity index (χ2n) is 6.14. The number of halogens is 1. The molecule has 0 heterocycles. The van der Waals surface area contributed by atoms with E-state index in [1.165, 1.54) is 6.92 Å². The highest BCUT2D eigenvalue weighted by atomic mass is 79.9. The zero-order valence-corrected chi connectivity index (χ0v) is 16.5. The van der Waals surface area contributed by atoms with Crippen LogP contribution in [0.15, 0.2) is 46.9 Å². The summed E-state index contributed by atoms with van der Waals surface area (Å²) >= 11 is 3.38. The van der Waals surface area contributed by atoms with Gasteiger partial charge in [0.25, 0.3) is 0 Å². The molecule has 4 nitrogen and oxygen atoms in total. The fourth-order valence-corrected chi connectivity index (χ4v) is 2.95. The van der Waals surface area contributed by atoms with E-state index in [4.69, 9.17) is 4.74 Å². The van der Waals surface area contributed by atoms with Crippen molar-refractivity contribution in [3.8, 4) is 5.75 Å². The molecule has 0 fully saturated rings. The zero-order valence-electron chi connectivity index (χ0n) is 14.9. The van der Waals surface area contributed by atoms with Crippen molar-refractivity contribution in [3.05, 3.63) is 63.6 Å². The standard InChI is InChI=1S/C20H22BrNO3/c1-13(23)15-7-10-19(25-4)16(11-15)12-18(22(2)3)20(24)14-5-8-17(21)9-6-14/h5-11,18H,12H2,1-4H3/t18-/m0/s1. The molecule has 2 aromatic rings. The molecule has 132 valence electrons. The Kier molecular flexibility index (Phi) is 6.51. The van der Waals surface area contributed by atoms with Gasteiger partial charge in [0, 0.05) is 15.6 Å². The maximum Gasteiger partial charge on any atom is 0.180 e. The van der Waals surface area contributed by atoms with Gasteiger partial charge in [0.1, 0.15) is 5.75 Å². The van der Waals surface area contributed by atoms with Gasteiger partial charge in [-0.15, -0.1) is 0 Å². The minimum absolute atomic E-state index is 0.00968. The number of ether oxygens (including phenoxy) is 1. The summed E-state index contributed by atoms with van der Waals surface area (Å²) in [5, 5.41) is 0. The molecule has 1 atom stereocenters. The maximum atomic E-state index is 13.0. The lowest BCUT2D eigenvalue weighted by molar-refractivity contribution is 0.0874. The summed E-state index contributed by atoms with van der Waals surface area (Å²) in [6, 6.07) is 12.3. The van der Waals surface area contributed by atoms with Crippen LogP contribution in [0.2, 0.25) is 0 Å². The van der Waals surface area contributed by atoms with E-state index in [2.05, 4.69) is 15.9 Å². The van der Waals surface area contributed by atoms with Crippen molar-refractivity contribution >= 4 is 27.5 Å². The molecule has 25 heavy (non-hydrogen) atoms. The second-order valence-corrected chi connectivity index (χ2v) is 7.05. The third kappa shape index (κ3) is 4.77. The molecule has 2 rings (SSSR count). The molecule has 0 unspecified atom stereocenters. The molecular weight excluding hydrogens is 382 g/mol. The molecule has 0 saturated carbocycles. The molecule has 0 aromatic heterocycles. The van der Waals surface area contributed by atoms with Gasteiger partial charge in [0.15, 0.2) is 11.6 Å². The SMILES string of the molecule is COc1ccc(C(C)=O)cc1C[C@@H](C(=O)c1ccc(Br)cc1)N(C)C. The van der Waals surface area contributed by atoms with Gasteiger partial charge in [-0.2, -0.15) is 0 Å². The Morgan fingerprint density at radius 2 is 1.68 bits per heavy atom. The van der Waals surface area contributed by atoms with Gasteiger partial charge in [-0.05, 0) is 63.3 Å². The van der Waals surface area contributed by atoms with Gasteiger partial charge in [-0.3, -0.25) is 14.5 Å². The summed E-state index contributed by atoms with van der Waals surface area (Å²) in [5.74, 6) is 0.706. The molecule has 0 spiro atoms. The molecule has 2 aromatic carbocycles. The molecule has 0 N–H and O–H groups in total. The van der Waals surface area contributed by atoms with Crippen LogP contribution < -0.4 is 4.74 Å². The summed E-state index contributed by atoms with van der Waals surface area (Å²) in [7, 11) is 5.35. The zero-order chi connectivity index (χ0) is 18.6. The smallest absolute Gasteiger partial charge is 0.180 e. The Labute approximate surface area is 156 Å². The number of carbonyl (C=O) groups excluding carboxylic acids is 2. The van der Waals surface area contributed by atoms with Crippen molar-refractivity contribution in [1.82, 2.24) is 4.90 Å². The number of Topliss-reactive ketones (excluding diaryl/α,β-unsaturated/α-hetero) is 2. The summed E-state index contributed by atoms with van der Waals surface area (Å²) < 4.78 is 6.35. The molecule has 0 bridgehead atoms. The predicted molar refractivity (Wildman–Crippen MR) is 103 cm³/mol. The average Bonchev–Trinajstić information content (AvgIpc) is 2.59. The number of hydrogen-bond acceptors (Lipinski definition) is 4. The van der Waals surface area contributed by atoms with Crippen molar-refractivity contribution in [3.63, 3.8) is 0 Å². The van der Waals surface area contributed by atoms with Crippen molar-refractivity contribution in [2.75, 3.05) is 21.2 Å². The van der Waals surface area contributed by atoms with Crippen molar-refractivity contribution < 1.29 is 14.3 Å². The molecule has 0 aliphatic rings. The van der Waals surface area contributed by atoms with Crippen LogP contribution >= 0.6 is 15.9 Å². The Hall–Kier alpha value is -1.98. The van der Waals surface area contributed by atoms with E-state index < -0.39 is 0 Å². The first-order chi connectivity index (χ1) is 11.8. The quantitative estimate of drug-likeness (QED) is 0.655. The summed E-state index contributed by atoms with van der Waals surface area (Å²) in [6.07, 6.45) is 0.464. The monoisotopic (exact) mass is 403 g/mol. The first-order valence-electron chi connectivity index (χ1n) is 7.97. The highest BCUT2D eigenvalue weighted by Crippen LogP contribution is 2.24. The highest BCUT2D eigenvalue weighted by molar-refractivity contribution is 9.10. The number of hydrogen-bond donors (Lipinski definition) is 0. The van der Waals surface area contributed by atoms with E-state index >= 15 is 0 Å². The van der Waals surface area contributed by atoms with Crippen LogP contribution in [0.1, 0.15) is 33.2 Å². The fourth-order valence-electron chi connectivity index (χ4n) is 2.68. The number of ketones is 2. The Balaban J connectivity index is 2.36. The van der Waals surface area contributed by atoms with Crippen molar-refractivity contribution in [2.24, 2.45) is 0 Å². The van der Waals surface area contributed by atoms with Gasteiger partial charge < -0.3 is 4.74 Å². The Morgan fingerprint density at radius 1 is 1.08 bits per heavy atom. The second kappa shape index (κ2) is 8.41. The molecular formula is C20H22BrNO3. The highest BCUT2D eigenvalue weighted by Gasteiger charge is 2.24. The number of nitrogens with zero attached hydrogens (tertiary/aromatic N) is 1.